The zero-order valence-electron chi connectivity index (χ0n) is 34.8. The number of thioether (sulfide) groups is 1. The Bertz CT molecular complexity index is 1640. The van der Waals surface area contributed by atoms with Gasteiger partial charge in [-0.25, -0.2) is 14.6 Å². The number of urea groups is 1. The van der Waals surface area contributed by atoms with Crippen LogP contribution < -0.4 is 26.6 Å². The predicted molar refractivity (Wildman–Crippen MR) is 229 cm³/mol. The van der Waals surface area contributed by atoms with Gasteiger partial charge >= 0.3 is 18.0 Å². The first-order chi connectivity index (χ1) is 28.3. The van der Waals surface area contributed by atoms with Gasteiger partial charge in [0.05, 0.1) is 62.2 Å². The second kappa shape index (κ2) is 25.8. The minimum absolute atomic E-state index is 0.000947. The number of allylic oxidation sites excluding steroid dienone is 3. The normalized spacial score (nSPS) is 27.1. The summed E-state index contributed by atoms with van der Waals surface area (Å²) in [6.07, 6.45) is 10.1. The predicted octanol–water partition coefficient (Wildman–Crippen LogP) is 3.34. The number of nitrogens with zero attached hydrogens (tertiary/aromatic N) is 1. The van der Waals surface area contributed by atoms with E-state index < -0.39 is 18.2 Å². The topological polar surface area (TPSA) is 195 Å². The molecule has 59 heavy (non-hydrogen) atoms. The number of unbranched alkanes of at least 4 members (excludes halogenated alkanes) is 1. The summed E-state index contributed by atoms with van der Waals surface area (Å²) in [5, 5.41) is 18.1. The van der Waals surface area contributed by atoms with Gasteiger partial charge in [-0.15, -0.1) is 16.8 Å². The van der Waals surface area contributed by atoms with Crippen molar-refractivity contribution in [1.82, 2.24) is 31.6 Å². The molecule has 3 aliphatic heterocycles. The van der Waals surface area contributed by atoms with Gasteiger partial charge in [-0.1, -0.05) is 44.1 Å². The van der Waals surface area contributed by atoms with Gasteiger partial charge in [-0.2, -0.15) is 11.8 Å². The van der Waals surface area contributed by atoms with Crippen molar-refractivity contribution in [3.05, 3.63) is 51.4 Å². The maximum atomic E-state index is 13.1. The van der Waals surface area contributed by atoms with Gasteiger partial charge in [-0.05, 0) is 33.1 Å². The van der Waals surface area contributed by atoms with Crippen molar-refractivity contribution < 1.29 is 42.9 Å². The molecule has 2 fully saturated rings. The van der Waals surface area contributed by atoms with Crippen LogP contribution in [0.4, 0.5) is 4.79 Å². The third-order valence-electron chi connectivity index (χ3n) is 9.91. The smallest absolute Gasteiger partial charge is 0.331 e. The molecule has 2 bridgehead atoms. The van der Waals surface area contributed by atoms with Crippen molar-refractivity contribution in [3.8, 4) is 0 Å². The Morgan fingerprint density at radius 3 is 2.49 bits per heavy atom. The molecular formula is C41H61BN6O9S2. The number of cyclic esters (lactones) is 2. The summed E-state index contributed by atoms with van der Waals surface area (Å²) in [6, 6.07) is -0.0273. The summed E-state index contributed by atoms with van der Waals surface area (Å²) in [6.45, 7) is 9.58. The summed E-state index contributed by atoms with van der Waals surface area (Å²) in [5.41, 5.74) is 2.29. The van der Waals surface area contributed by atoms with E-state index in [0.717, 1.165) is 41.3 Å². The van der Waals surface area contributed by atoms with Crippen LogP contribution in [0.2, 0.25) is 0 Å². The van der Waals surface area contributed by atoms with Gasteiger partial charge in [0.2, 0.25) is 11.8 Å². The Balaban J connectivity index is 1.11. The Kier molecular flexibility index (Phi) is 21.0. The summed E-state index contributed by atoms with van der Waals surface area (Å²) in [5.74, 6) is -0.222. The quantitative estimate of drug-likeness (QED) is 0.0627. The summed E-state index contributed by atoms with van der Waals surface area (Å²) in [4.78, 5) is 66.9. The number of rotatable bonds is 18. The van der Waals surface area contributed by atoms with E-state index >= 15 is 0 Å². The van der Waals surface area contributed by atoms with Gasteiger partial charge in [0.15, 0.2) is 0 Å². The minimum Gasteiger partial charge on any atom is -0.462 e. The third-order valence-corrected chi connectivity index (χ3v) is 12.3. The first-order valence-corrected chi connectivity index (χ1v) is 22.5. The number of ether oxygens (including phenoxy) is 4. The number of thiazole rings is 1. The number of carbonyl (C=O) groups excluding carboxylic acids is 5. The van der Waals surface area contributed by atoms with E-state index in [0.29, 0.717) is 75.9 Å². The van der Waals surface area contributed by atoms with Crippen LogP contribution in [0.15, 0.2) is 40.7 Å². The number of hydrogen-bond acceptors (Lipinski definition) is 13. The van der Waals surface area contributed by atoms with E-state index in [-0.39, 0.29) is 60.8 Å². The molecule has 0 saturated carbocycles. The average Bonchev–Trinajstić information content (AvgIpc) is 3.88. The maximum Gasteiger partial charge on any atom is 0.331 e. The Labute approximate surface area is 357 Å². The fraction of sp³-hybridized carbons (Fsp3) is 0.659. The average molecular weight is 857 g/mol. The Morgan fingerprint density at radius 2 is 1.75 bits per heavy atom. The lowest BCUT2D eigenvalue weighted by Crippen LogP contribution is -2.42. The number of carbonyl (C=O) groups is 5. The SMILES string of the molecule is [B]/C(C)=C/C1Cc2nc(cs2)[C@@H](C)C[C@@H](NCC(=O)NCCOCCOCCNC(=O)CCCCC2SC[C@@H]3NC(=O)N[C@H]23)CC(=O)OC(C)C/C(C)=C/C=C\C(=O)O1. The van der Waals surface area contributed by atoms with Crippen molar-refractivity contribution in [2.75, 3.05) is 51.8 Å². The van der Waals surface area contributed by atoms with Gasteiger partial charge in [-0.3, -0.25) is 14.4 Å². The summed E-state index contributed by atoms with van der Waals surface area (Å²) < 4.78 is 22.5. The minimum atomic E-state index is -0.581. The molecule has 1 aromatic heterocycles. The lowest BCUT2D eigenvalue weighted by atomic mass is 9.95. The van der Waals surface area contributed by atoms with Crippen LogP contribution in [0.1, 0.15) is 89.3 Å². The maximum absolute atomic E-state index is 13.1. The molecule has 3 unspecified atom stereocenters. The van der Waals surface area contributed by atoms with E-state index in [2.05, 4.69) is 26.6 Å². The standard InChI is InChI=1S/C41H61BN6O9S2/c1-26-8-7-11-38(51)57-31(20-28(3)42)22-37-46-32(24-59-37)27(2)19-30(21-39(52)56-29(4)18-26)45-23-36(50)44-13-15-55-17-16-54-14-12-43-35(49)10-6-5-9-34-40-33(25-58-34)47-41(53)48-40/h7-8,11,20,24,27,29-31,33-34,40,45H,5-6,9-10,12-19,21-23,25H2,1-4H3,(H,43,49)(H,44,50)(H2,47,48,53)/b11-7-,26-8+,28-20+/t27-,29?,30+,31?,33-,34?,40-/m0/s1. The Hall–Kier alpha value is -3.71. The van der Waals surface area contributed by atoms with Gasteiger partial charge in [0.25, 0.3) is 0 Å². The zero-order valence-corrected chi connectivity index (χ0v) is 36.4. The molecule has 0 aliphatic carbocycles. The highest BCUT2D eigenvalue weighted by molar-refractivity contribution is 8.00. The molecule has 7 atom stereocenters. The number of amides is 4. The molecule has 5 N–H and O–H groups in total. The van der Waals surface area contributed by atoms with Gasteiger partial charge in [0.1, 0.15) is 20.1 Å². The third kappa shape index (κ3) is 18.6. The van der Waals surface area contributed by atoms with Crippen molar-refractivity contribution >= 4 is 60.7 Å². The second-order valence-corrected chi connectivity index (χ2v) is 17.6. The molecule has 4 amide bonds. The monoisotopic (exact) mass is 856 g/mol. The molecule has 15 nitrogen and oxygen atoms in total. The number of nitrogens with one attached hydrogen (secondary N) is 5. The van der Waals surface area contributed by atoms with Gasteiger partial charge in [0, 0.05) is 66.8 Å². The zero-order chi connectivity index (χ0) is 42.6. The van der Waals surface area contributed by atoms with Crippen LogP contribution in [0, 0.1) is 0 Å². The van der Waals surface area contributed by atoms with E-state index in [4.69, 9.17) is 31.8 Å². The fourth-order valence-electron chi connectivity index (χ4n) is 7.06. The number of fused-ring (bicyclic) bond motifs is 3. The molecule has 3 aliphatic rings. The second-order valence-electron chi connectivity index (χ2n) is 15.3. The van der Waals surface area contributed by atoms with E-state index in [1.54, 1.807) is 25.2 Å². The molecule has 0 aromatic carbocycles. The molecule has 1 aromatic rings. The van der Waals surface area contributed by atoms with Crippen molar-refractivity contribution in [3.63, 3.8) is 0 Å². The molecule has 4 heterocycles. The van der Waals surface area contributed by atoms with Crippen LogP contribution in [0.5, 0.6) is 0 Å². The van der Waals surface area contributed by atoms with E-state index in [1.165, 1.54) is 17.4 Å². The molecule has 4 rings (SSSR count). The van der Waals surface area contributed by atoms with Crippen LogP contribution in [0.25, 0.3) is 0 Å². The lowest BCUT2D eigenvalue weighted by molar-refractivity contribution is -0.149. The molecule has 18 heteroatoms. The molecule has 2 radical (unpaired) electrons. The largest absolute Gasteiger partial charge is 0.462 e. The van der Waals surface area contributed by atoms with Crippen molar-refractivity contribution in [2.24, 2.45) is 0 Å². The van der Waals surface area contributed by atoms with Crippen LogP contribution in [-0.2, 0) is 44.5 Å². The van der Waals surface area contributed by atoms with Crippen LogP contribution in [0.3, 0.4) is 0 Å². The van der Waals surface area contributed by atoms with E-state index in [9.17, 15) is 24.0 Å². The molecule has 0 spiro atoms. The van der Waals surface area contributed by atoms with E-state index in [1.807, 2.05) is 37.9 Å². The number of esters is 2. The molecule has 2 saturated heterocycles. The van der Waals surface area contributed by atoms with Crippen molar-refractivity contribution in [1.29, 1.82) is 0 Å². The highest BCUT2D eigenvalue weighted by Gasteiger charge is 2.42. The Morgan fingerprint density at radius 1 is 1.00 bits per heavy atom. The number of aromatic nitrogens is 1. The van der Waals surface area contributed by atoms with Crippen LogP contribution >= 0.6 is 23.1 Å². The summed E-state index contributed by atoms with van der Waals surface area (Å²) in [7, 11) is 5.93. The summed E-state index contributed by atoms with van der Waals surface area (Å²) >= 11 is 3.35. The molecule has 324 valence electrons. The number of hydrogen-bond donors (Lipinski definition) is 5. The first kappa shape index (κ1) is 48.0. The molecular weight excluding hydrogens is 795 g/mol. The first-order valence-electron chi connectivity index (χ1n) is 20.6. The highest BCUT2D eigenvalue weighted by Crippen LogP contribution is 2.33. The van der Waals surface area contributed by atoms with Crippen LogP contribution in [-0.4, -0.2) is 130 Å². The highest BCUT2D eigenvalue weighted by atomic mass is 32.2. The lowest BCUT2D eigenvalue weighted by Gasteiger charge is -2.22. The fourth-order valence-corrected chi connectivity index (χ4v) is 9.56. The van der Waals surface area contributed by atoms with Gasteiger partial charge < -0.3 is 45.5 Å². The van der Waals surface area contributed by atoms with Crippen molar-refractivity contribution in [2.45, 2.75) is 121 Å².